The maximum atomic E-state index is 12.3. The number of hydrogen-bond acceptors (Lipinski definition) is 3. The molecule has 2 aromatic carbocycles. The number of sulfone groups is 1. The van der Waals surface area contributed by atoms with Crippen molar-refractivity contribution in [1.29, 1.82) is 0 Å². The zero-order chi connectivity index (χ0) is 15.6. The highest BCUT2D eigenvalue weighted by Gasteiger charge is 2.21. The van der Waals surface area contributed by atoms with Crippen molar-refractivity contribution in [2.75, 3.05) is 5.75 Å². The normalized spacial score (nSPS) is 11.4. The van der Waals surface area contributed by atoms with Gasteiger partial charge in [-0.05, 0) is 38.5 Å². The Bertz CT molecular complexity index is 772. The average Bonchev–Trinajstić information content (AvgIpc) is 2.38. The van der Waals surface area contributed by atoms with Gasteiger partial charge in [0.05, 0.1) is 4.90 Å². The molecule has 3 nitrogen and oxygen atoms in total. The molecular formula is C17H18O3S. The molecule has 0 aliphatic heterocycles. The molecule has 0 bridgehead atoms. The van der Waals surface area contributed by atoms with Crippen LogP contribution in [-0.2, 0) is 9.84 Å². The van der Waals surface area contributed by atoms with Gasteiger partial charge in [0, 0.05) is 5.56 Å². The highest BCUT2D eigenvalue weighted by atomic mass is 32.2. The maximum Gasteiger partial charge on any atom is 0.185 e. The molecule has 0 saturated heterocycles. The lowest BCUT2D eigenvalue weighted by molar-refractivity contribution is 0.102. The minimum atomic E-state index is -3.60. The zero-order valence-corrected chi connectivity index (χ0v) is 13.2. The number of carbonyl (C=O) groups is 1. The van der Waals surface area contributed by atoms with Crippen LogP contribution in [0.2, 0.25) is 0 Å². The lowest BCUT2D eigenvalue weighted by Gasteiger charge is -2.07. The second-order valence-electron chi connectivity index (χ2n) is 5.31. The summed E-state index contributed by atoms with van der Waals surface area (Å²) >= 11 is 0. The van der Waals surface area contributed by atoms with Crippen molar-refractivity contribution < 1.29 is 13.2 Å². The van der Waals surface area contributed by atoms with Crippen LogP contribution in [0.15, 0.2) is 47.4 Å². The smallest absolute Gasteiger partial charge is 0.185 e. The van der Waals surface area contributed by atoms with E-state index in [-0.39, 0.29) is 10.7 Å². The maximum absolute atomic E-state index is 12.3. The second-order valence-corrected chi connectivity index (χ2v) is 7.30. The van der Waals surface area contributed by atoms with Gasteiger partial charge in [-0.15, -0.1) is 0 Å². The van der Waals surface area contributed by atoms with E-state index in [1.165, 1.54) is 0 Å². The first-order chi connectivity index (χ1) is 9.79. The van der Waals surface area contributed by atoms with Crippen LogP contribution < -0.4 is 0 Å². The largest absolute Gasteiger partial charge is 0.293 e. The van der Waals surface area contributed by atoms with Crippen molar-refractivity contribution >= 4 is 15.6 Å². The van der Waals surface area contributed by atoms with E-state index in [9.17, 15) is 13.2 Å². The Kier molecular flexibility index (Phi) is 4.28. The van der Waals surface area contributed by atoms with Crippen LogP contribution in [0.4, 0.5) is 0 Å². The number of rotatable bonds is 4. The second kappa shape index (κ2) is 5.82. The van der Waals surface area contributed by atoms with E-state index in [4.69, 9.17) is 0 Å². The average molecular weight is 302 g/mol. The van der Waals surface area contributed by atoms with Crippen molar-refractivity contribution in [2.24, 2.45) is 0 Å². The molecule has 2 aromatic rings. The Morgan fingerprint density at radius 2 is 1.48 bits per heavy atom. The Balaban J connectivity index is 2.28. The molecule has 4 heteroatoms. The molecule has 0 spiro atoms. The molecule has 0 N–H and O–H groups in total. The van der Waals surface area contributed by atoms with E-state index in [2.05, 4.69) is 0 Å². The van der Waals surface area contributed by atoms with Crippen LogP contribution in [0, 0.1) is 20.8 Å². The lowest BCUT2D eigenvalue weighted by atomic mass is 10.0. The molecule has 0 amide bonds. The highest BCUT2D eigenvalue weighted by molar-refractivity contribution is 7.92. The molecule has 0 aliphatic carbocycles. The Morgan fingerprint density at radius 3 is 2.05 bits per heavy atom. The molecule has 0 unspecified atom stereocenters. The molecule has 110 valence electrons. The van der Waals surface area contributed by atoms with Crippen LogP contribution in [0.3, 0.4) is 0 Å². The highest BCUT2D eigenvalue weighted by Crippen LogP contribution is 2.16. The summed E-state index contributed by atoms with van der Waals surface area (Å²) in [5.41, 5.74) is 3.30. The van der Waals surface area contributed by atoms with E-state index in [1.54, 1.807) is 30.3 Å². The van der Waals surface area contributed by atoms with Crippen LogP contribution >= 0.6 is 0 Å². The van der Waals surface area contributed by atoms with Crippen molar-refractivity contribution in [2.45, 2.75) is 25.7 Å². The van der Waals surface area contributed by atoms with Crippen molar-refractivity contribution in [3.05, 3.63) is 64.7 Å². The van der Waals surface area contributed by atoms with Crippen molar-refractivity contribution in [3.63, 3.8) is 0 Å². The minimum Gasteiger partial charge on any atom is -0.293 e. The predicted molar refractivity (Wildman–Crippen MR) is 83.5 cm³/mol. The molecule has 0 fully saturated rings. The number of hydrogen-bond donors (Lipinski definition) is 0. The first kappa shape index (κ1) is 15.4. The Labute approximate surface area is 125 Å². The molecule has 0 heterocycles. The van der Waals surface area contributed by atoms with E-state index in [1.807, 2.05) is 32.9 Å². The van der Waals surface area contributed by atoms with Gasteiger partial charge in [-0.3, -0.25) is 4.79 Å². The first-order valence-electron chi connectivity index (χ1n) is 6.69. The van der Waals surface area contributed by atoms with E-state index in [0.717, 1.165) is 16.7 Å². The first-order valence-corrected chi connectivity index (χ1v) is 8.35. The summed E-state index contributed by atoms with van der Waals surface area (Å²) in [5, 5.41) is 0. The fourth-order valence-corrected chi connectivity index (χ4v) is 3.42. The summed E-state index contributed by atoms with van der Waals surface area (Å²) in [6.45, 7) is 5.64. The van der Waals surface area contributed by atoms with Crippen LogP contribution in [-0.4, -0.2) is 20.0 Å². The summed E-state index contributed by atoms with van der Waals surface area (Å²) in [7, 11) is -3.60. The minimum absolute atomic E-state index is 0.186. The number of benzene rings is 2. The molecular weight excluding hydrogens is 284 g/mol. The number of ketones is 1. The molecule has 21 heavy (non-hydrogen) atoms. The molecule has 0 atom stereocenters. The van der Waals surface area contributed by atoms with Gasteiger partial charge in [0.15, 0.2) is 15.6 Å². The van der Waals surface area contributed by atoms with Crippen LogP contribution in [0.5, 0.6) is 0 Å². The van der Waals surface area contributed by atoms with Crippen LogP contribution in [0.25, 0.3) is 0 Å². The van der Waals surface area contributed by atoms with Crippen molar-refractivity contribution in [1.82, 2.24) is 0 Å². The van der Waals surface area contributed by atoms with E-state index in [0.29, 0.717) is 5.56 Å². The quantitative estimate of drug-likeness (QED) is 0.815. The molecule has 2 rings (SSSR count). The topological polar surface area (TPSA) is 51.2 Å². The third-order valence-electron chi connectivity index (χ3n) is 3.38. The van der Waals surface area contributed by atoms with E-state index >= 15 is 0 Å². The van der Waals surface area contributed by atoms with Gasteiger partial charge in [-0.2, -0.15) is 0 Å². The van der Waals surface area contributed by atoms with Gasteiger partial charge >= 0.3 is 0 Å². The van der Waals surface area contributed by atoms with Gasteiger partial charge < -0.3 is 0 Å². The molecule has 0 radical (unpaired) electrons. The number of Topliss-reactive ketones (excluding diaryl/α,β-unsaturated/α-hetero) is 1. The molecule has 0 saturated carbocycles. The summed E-state index contributed by atoms with van der Waals surface area (Å²) in [4.78, 5) is 12.4. The van der Waals surface area contributed by atoms with E-state index < -0.39 is 15.6 Å². The van der Waals surface area contributed by atoms with Crippen LogP contribution in [0.1, 0.15) is 27.0 Å². The fraction of sp³-hybridized carbons (Fsp3) is 0.235. The Hall–Kier alpha value is -1.94. The van der Waals surface area contributed by atoms with Gasteiger partial charge in [0.1, 0.15) is 5.75 Å². The van der Waals surface area contributed by atoms with Gasteiger partial charge in [-0.25, -0.2) is 8.42 Å². The Morgan fingerprint density at radius 1 is 0.905 bits per heavy atom. The van der Waals surface area contributed by atoms with Crippen molar-refractivity contribution in [3.8, 4) is 0 Å². The standard InChI is InChI=1S/C17H18O3S/c1-12-4-7-15(8-5-12)21(19,20)11-17(18)16-9-6-13(2)10-14(16)3/h4-10H,11H2,1-3H3. The monoisotopic (exact) mass is 302 g/mol. The summed E-state index contributed by atoms with van der Waals surface area (Å²) in [5.74, 6) is -0.868. The fourth-order valence-electron chi connectivity index (χ4n) is 2.21. The zero-order valence-electron chi connectivity index (χ0n) is 12.4. The van der Waals surface area contributed by atoms with Gasteiger partial charge in [-0.1, -0.05) is 41.5 Å². The van der Waals surface area contributed by atoms with Gasteiger partial charge in [0.2, 0.25) is 0 Å². The summed E-state index contributed by atoms with van der Waals surface area (Å²) in [6, 6.07) is 11.9. The van der Waals surface area contributed by atoms with Gasteiger partial charge in [0.25, 0.3) is 0 Å². The predicted octanol–water partition coefficient (Wildman–Crippen LogP) is 3.27. The third-order valence-corrected chi connectivity index (χ3v) is 5.02. The lowest BCUT2D eigenvalue weighted by Crippen LogP contribution is -2.17. The SMILES string of the molecule is Cc1ccc(S(=O)(=O)CC(=O)c2ccc(C)cc2C)cc1. The third kappa shape index (κ3) is 3.58. The summed E-state index contributed by atoms with van der Waals surface area (Å²) < 4.78 is 24.6. The number of aryl methyl sites for hydroxylation is 3. The summed E-state index contributed by atoms with van der Waals surface area (Å²) in [6.07, 6.45) is 0. The molecule has 0 aliphatic rings. The number of carbonyl (C=O) groups excluding carboxylic acids is 1. The molecule has 0 aromatic heterocycles.